The molecule has 0 radical (unpaired) electrons. The molecule has 1 N–H and O–H groups in total. The zero-order valence-corrected chi connectivity index (χ0v) is 17.6. The van der Waals surface area contributed by atoms with Crippen LogP contribution in [0.15, 0.2) is 67.3 Å². The maximum absolute atomic E-state index is 11.9. The fourth-order valence-electron chi connectivity index (χ4n) is 4.04. The average Bonchev–Trinajstić information content (AvgIpc) is 3.27. The maximum atomic E-state index is 11.9. The summed E-state index contributed by atoms with van der Waals surface area (Å²) in [6.07, 6.45) is 6.06. The molecule has 2 aromatic carbocycles. The number of aliphatic hydroxyl groups is 1. The second-order valence-electron chi connectivity index (χ2n) is 8.26. The van der Waals surface area contributed by atoms with Crippen LogP contribution < -0.4 is 0 Å². The Balaban J connectivity index is 0.000000290. The fourth-order valence-corrected chi connectivity index (χ4v) is 4.16. The van der Waals surface area contributed by atoms with Gasteiger partial charge in [-0.3, -0.25) is 4.68 Å². The molecule has 1 aromatic heterocycles. The predicted octanol–water partition coefficient (Wildman–Crippen LogP) is 5.17. The number of halogens is 2. The van der Waals surface area contributed by atoms with E-state index in [1.165, 1.54) is 24.0 Å². The second-order valence-corrected chi connectivity index (χ2v) is 8.70. The van der Waals surface area contributed by atoms with Crippen LogP contribution in [0.25, 0.3) is 0 Å². The van der Waals surface area contributed by atoms with Gasteiger partial charge >= 0.3 is 0 Å². The van der Waals surface area contributed by atoms with Crippen molar-refractivity contribution in [2.75, 3.05) is 0 Å². The van der Waals surface area contributed by atoms with Crippen LogP contribution in [0.3, 0.4) is 0 Å². The molecule has 4 rings (SSSR count). The van der Waals surface area contributed by atoms with E-state index in [9.17, 15) is 9.50 Å². The number of hydrogen-bond donors (Lipinski definition) is 1. The quantitative estimate of drug-likeness (QED) is 0.639. The monoisotopic (exact) mass is 415 g/mol. The van der Waals surface area contributed by atoms with E-state index < -0.39 is 5.60 Å². The molecule has 0 amide bonds. The van der Waals surface area contributed by atoms with Crippen LogP contribution in [-0.2, 0) is 13.0 Å². The van der Waals surface area contributed by atoms with E-state index in [2.05, 4.69) is 23.9 Å². The van der Waals surface area contributed by atoms with Gasteiger partial charge in [0, 0.05) is 5.02 Å². The van der Waals surface area contributed by atoms with Crippen LogP contribution >= 0.6 is 11.6 Å². The summed E-state index contributed by atoms with van der Waals surface area (Å²) in [7, 11) is 0. The van der Waals surface area contributed by atoms with Gasteiger partial charge in [0.25, 0.3) is 0 Å². The molecule has 6 heteroatoms. The second kappa shape index (κ2) is 9.06. The Labute approximate surface area is 176 Å². The van der Waals surface area contributed by atoms with E-state index in [4.69, 9.17) is 11.6 Å². The highest BCUT2D eigenvalue weighted by atomic mass is 35.5. The van der Waals surface area contributed by atoms with Gasteiger partial charge in [-0.15, -0.1) is 0 Å². The summed E-state index contributed by atoms with van der Waals surface area (Å²) in [6, 6.07) is 15.8. The molecule has 2 atom stereocenters. The Morgan fingerprint density at radius 1 is 1.14 bits per heavy atom. The Morgan fingerprint density at radius 3 is 2.38 bits per heavy atom. The van der Waals surface area contributed by atoms with Gasteiger partial charge in [0.1, 0.15) is 18.5 Å². The molecule has 0 saturated heterocycles. The zero-order chi connectivity index (χ0) is 20.9. The summed E-state index contributed by atoms with van der Waals surface area (Å²) in [5, 5.41) is 16.4. The van der Waals surface area contributed by atoms with E-state index in [1.54, 1.807) is 29.2 Å². The van der Waals surface area contributed by atoms with Crippen LogP contribution in [0.4, 0.5) is 4.39 Å². The number of rotatable bonds is 4. The molecule has 29 heavy (non-hydrogen) atoms. The smallest absolute Gasteiger partial charge is 0.137 e. The van der Waals surface area contributed by atoms with E-state index in [-0.39, 0.29) is 17.2 Å². The van der Waals surface area contributed by atoms with E-state index in [1.807, 2.05) is 24.3 Å². The highest BCUT2D eigenvalue weighted by molar-refractivity contribution is 6.30. The summed E-state index contributed by atoms with van der Waals surface area (Å²) in [6.45, 7) is 4.77. The Kier molecular flexibility index (Phi) is 6.70. The Bertz CT molecular complexity index is 884. The van der Waals surface area contributed by atoms with Gasteiger partial charge in [0.2, 0.25) is 0 Å². The standard InChI is InChI=1S/C17H22ClN3O.C6H5F/c1-16(2)8-7-14(9-13-3-5-15(18)6-4-13)17(16,22)10-21-12-19-11-20-21;7-6-4-2-1-3-5-6/h3-6,11-12,14,22H,7-10H2,1-2H3;1-5H. The molecule has 1 heterocycles. The molecule has 1 aliphatic carbocycles. The van der Waals surface area contributed by atoms with Gasteiger partial charge in [-0.1, -0.05) is 55.8 Å². The van der Waals surface area contributed by atoms with Crippen LogP contribution in [0, 0.1) is 17.2 Å². The van der Waals surface area contributed by atoms with Crippen molar-refractivity contribution in [1.82, 2.24) is 14.8 Å². The molecule has 3 aromatic rings. The van der Waals surface area contributed by atoms with Crippen molar-refractivity contribution in [1.29, 1.82) is 0 Å². The van der Waals surface area contributed by atoms with Gasteiger partial charge in [0.15, 0.2) is 0 Å². The van der Waals surface area contributed by atoms with Gasteiger partial charge < -0.3 is 5.11 Å². The molecule has 0 aliphatic heterocycles. The van der Waals surface area contributed by atoms with Crippen molar-refractivity contribution in [3.05, 3.63) is 83.7 Å². The first kappa shape index (κ1) is 21.5. The lowest BCUT2D eigenvalue weighted by Gasteiger charge is -2.40. The van der Waals surface area contributed by atoms with Crippen molar-refractivity contribution in [2.45, 2.75) is 45.3 Å². The van der Waals surface area contributed by atoms with Crippen LogP contribution in [0.1, 0.15) is 32.3 Å². The van der Waals surface area contributed by atoms with E-state index >= 15 is 0 Å². The minimum atomic E-state index is -0.791. The van der Waals surface area contributed by atoms with Gasteiger partial charge in [-0.05, 0) is 60.4 Å². The molecular formula is C23H27ClFN3O. The van der Waals surface area contributed by atoms with Crippen LogP contribution in [0.5, 0.6) is 0 Å². The van der Waals surface area contributed by atoms with E-state index in [0.29, 0.717) is 6.54 Å². The van der Waals surface area contributed by atoms with E-state index in [0.717, 1.165) is 24.3 Å². The Morgan fingerprint density at radius 2 is 1.83 bits per heavy atom. The first-order chi connectivity index (χ1) is 13.8. The third kappa shape index (κ3) is 5.22. The van der Waals surface area contributed by atoms with Crippen molar-refractivity contribution in [3.8, 4) is 0 Å². The largest absolute Gasteiger partial charge is 0.387 e. The van der Waals surface area contributed by atoms with Crippen molar-refractivity contribution >= 4 is 11.6 Å². The molecule has 0 bridgehead atoms. The molecule has 2 unspecified atom stereocenters. The third-order valence-electron chi connectivity index (χ3n) is 5.96. The van der Waals surface area contributed by atoms with Crippen molar-refractivity contribution < 1.29 is 9.50 Å². The van der Waals surface area contributed by atoms with Gasteiger partial charge in [0.05, 0.1) is 12.1 Å². The molecule has 1 fully saturated rings. The normalized spacial score (nSPS) is 22.7. The SMILES string of the molecule is CC1(C)CCC(Cc2ccc(Cl)cc2)C1(O)Cn1cncn1.Fc1ccccc1. The molecule has 4 nitrogen and oxygen atoms in total. The summed E-state index contributed by atoms with van der Waals surface area (Å²) >= 11 is 5.96. The minimum Gasteiger partial charge on any atom is -0.387 e. The lowest BCUT2D eigenvalue weighted by Crippen LogP contribution is -2.49. The number of nitrogens with zero attached hydrogens (tertiary/aromatic N) is 3. The molecule has 1 aliphatic rings. The highest BCUT2D eigenvalue weighted by Crippen LogP contribution is 2.51. The lowest BCUT2D eigenvalue weighted by atomic mass is 9.72. The molecule has 154 valence electrons. The van der Waals surface area contributed by atoms with Crippen molar-refractivity contribution in [3.63, 3.8) is 0 Å². The summed E-state index contributed by atoms with van der Waals surface area (Å²) in [5.41, 5.74) is 0.278. The number of benzene rings is 2. The maximum Gasteiger partial charge on any atom is 0.137 e. The van der Waals surface area contributed by atoms with Crippen molar-refractivity contribution in [2.24, 2.45) is 11.3 Å². The lowest BCUT2D eigenvalue weighted by molar-refractivity contribution is -0.0907. The summed E-state index contributed by atoms with van der Waals surface area (Å²) in [4.78, 5) is 3.99. The first-order valence-electron chi connectivity index (χ1n) is 9.80. The zero-order valence-electron chi connectivity index (χ0n) is 16.8. The third-order valence-corrected chi connectivity index (χ3v) is 6.22. The molecule has 0 spiro atoms. The minimum absolute atomic E-state index is 0.143. The number of aromatic nitrogens is 3. The fraction of sp³-hybridized carbons (Fsp3) is 0.391. The first-order valence-corrected chi connectivity index (χ1v) is 10.2. The molecular weight excluding hydrogens is 389 g/mol. The van der Waals surface area contributed by atoms with Gasteiger partial charge in [-0.2, -0.15) is 5.10 Å². The summed E-state index contributed by atoms with van der Waals surface area (Å²) < 4.78 is 13.6. The van der Waals surface area contributed by atoms with Crippen LogP contribution in [0.2, 0.25) is 5.02 Å². The van der Waals surface area contributed by atoms with Crippen LogP contribution in [-0.4, -0.2) is 25.5 Å². The highest BCUT2D eigenvalue weighted by Gasteiger charge is 2.54. The predicted molar refractivity (Wildman–Crippen MR) is 113 cm³/mol. The Hall–Kier alpha value is -2.24. The number of hydrogen-bond acceptors (Lipinski definition) is 3. The topological polar surface area (TPSA) is 50.9 Å². The molecule has 1 saturated carbocycles. The van der Waals surface area contributed by atoms with Gasteiger partial charge in [-0.25, -0.2) is 9.37 Å². The average molecular weight is 416 g/mol. The summed E-state index contributed by atoms with van der Waals surface area (Å²) in [5.74, 6) is 0.0235.